The number of para-hydroxylation sites is 1. The largest absolute Gasteiger partial charge is 0.456 e. The zero-order chi connectivity index (χ0) is 34.2. The number of furan rings is 1. The molecule has 0 aliphatic heterocycles. The Morgan fingerprint density at radius 2 is 0.827 bits per heavy atom. The third-order valence-electron chi connectivity index (χ3n) is 10.2. The molecule has 52 heavy (non-hydrogen) atoms. The van der Waals surface area contributed by atoms with Crippen LogP contribution in [-0.2, 0) is 0 Å². The molecule has 0 aliphatic rings. The Hall–Kier alpha value is -7.11. The SMILES string of the molecule is c1ccc(-c2nc(-c3ccc(-n4c5cc6ccccc6cc5c5cc6ccccc6cc54)cc3)nc(-c3ccc4c(c3)oc3ccccc34)n2)cc1. The molecule has 0 spiro atoms. The van der Waals surface area contributed by atoms with Crippen molar-refractivity contribution < 1.29 is 4.42 Å². The van der Waals surface area contributed by atoms with Gasteiger partial charge in [-0.15, -0.1) is 0 Å². The van der Waals surface area contributed by atoms with Crippen molar-refractivity contribution >= 4 is 65.3 Å². The number of hydrogen-bond donors (Lipinski definition) is 0. The van der Waals surface area contributed by atoms with E-state index in [1.54, 1.807) is 0 Å². The standard InChI is InChI=1S/C47H28N4O/c1-2-10-29(11-3-1)45-48-46(50-47(49-45)35-20-23-38-37-16-8-9-17-43(37)52-44(38)28-35)30-18-21-36(22-19-30)51-41-26-33-14-6-4-12-31(33)24-39(41)40-25-32-13-5-7-15-34(32)27-42(40)51/h1-28H. The average molecular weight is 665 g/mol. The highest BCUT2D eigenvalue weighted by Gasteiger charge is 2.17. The maximum Gasteiger partial charge on any atom is 0.164 e. The van der Waals surface area contributed by atoms with Gasteiger partial charge in [-0.3, -0.25) is 0 Å². The van der Waals surface area contributed by atoms with Crippen molar-refractivity contribution in [3.63, 3.8) is 0 Å². The first-order valence-corrected chi connectivity index (χ1v) is 17.4. The number of nitrogens with zero attached hydrogens (tertiary/aromatic N) is 4. The summed E-state index contributed by atoms with van der Waals surface area (Å²) in [6.45, 7) is 0. The summed E-state index contributed by atoms with van der Waals surface area (Å²) in [6, 6.07) is 59.4. The topological polar surface area (TPSA) is 56.7 Å². The lowest BCUT2D eigenvalue weighted by atomic mass is 10.0. The summed E-state index contributed by atoms with van der Waals surface area (Å²) in [4.78, 5) is 15.0. The molecule has 0 fully saturated rings. The van der Waals surface area contributed by atoms with Gasteiger partial charge in [0.2, 0.25) is 0 Å². The summed E-state index contributed by atoms with van der Waals surface area (Å²) in [5.41, 5.74) is 7.79. The van der Waals surface area contributed by atoms with Gasteiger partial charge in [-0.2, -0.15) is 0 Å². The Balaban J connectivity index is 1.08. The van der Waals surface area contributed by atoms with Crippen molar-refractivity contribution in [1.82, 2.24) is 19.5 Å². The maximum absolute atomic E-state index is 6.23. The Morgan fingerprint density at radius 1 is 0.346 bits per heavy atom. The fraction of sp³-hybridized carbons (Fsp3) is 0. The normalized spacial score (nSPS) is 11.8. The van der Waals surface area contributed by atoms with E-state index in [2.05, 4.69) is 120 Å². The highest BCUT2D eigenvalue weighted by molar-refractivity contribution is 6.16. The van der Waals surface area contributed by atoms with Crippen molar-refractivity contribution in [3.05, 3.63) is 170 Å². The molecule has 242 valence electrons. The van der Waals surface area contributed by atoms with Gasteiger partial charge >= 0.3 is 0 Å². The van der Waals surface area contributed by atoms with Gasteiger partial charge in [0.1, 0.15) is 11.2 Å². The van der Waals surface area contributed by atoms with Gasteiger partial charge in [0.25, 0.3) is 0 Å². The van der Waals surface area contributed by atoms with E-state index in [1.165, 1.54) is 43.4 Å². The minimum Gasteiger partial charge on any atom is -0.456 e. The zero-order valence-electron chi connectivity index (χ0n) is 27.9. The van der Waals surface area contributed by atoms with Crippen LogP contribution in [0.5, 0.6) is 0 Å². The molecule has 0 saturated carbocycles. The highest BCUT2D eigenvalue weighted by Crippen LogP contribution is 2.38. The summed E-state index contributed by atoms with van der Waals surface area (Å²) >= 11 is 0. The number of fused-ring (bicyclic) bond motifs is 8. The van der Waals surface area contributed by atoms with Crippen LogP contribution in [0.1, 0.15) is 0 Å². The predicted octanol–water partition coefficient (Wildman–Crippen LogP) is 12.2. The summed E-state index contributed by atoms with van der Waals surface area (Å²) < 4.78 is 8.61. The third kappa shape index (κ3) is 4.53. The Kier molecular flexibility index (Phi) is 6.18. The van der Waals surface area contributed by atoms with Gasteiger partial charge in [0, 0.05) is 43.9 Å². The van der Waals surface area contributed by atoms with Crippen LogP contribution in [0.2, 0.25) is 0 Å². The lowest BCUT2D eigenvalue weighted by molar-refractivity contribution is 0.669. The quantitative estimate of drug-likeness (QED) is 0.188. The first-order valence-electron chi connectivity index (χ1n) is 17.4. The lowest BCUT2D eigenvalue weighted by Gasteiger charge is -2.11. The molecule has 11 aromatic rings. The summed E-state index contributed by atoms with van der Waals surface area (Å²) in [6.07, 6.45) is 0. The molecular formula is C47H28N4O. The molecular weight excluding hydrogens is 637 g/mol. The van der Waals surface area contributed by atoms with Crippen LogP contribution in [0.25, 0.3) is 105 Å². The molecule has 3 aromatic heterocycles. The minimum absolute atomic E-state index is 0.594. The molecule has 5 nitrogen and oxygen atoms in total. The van der Waals surface area contributed by atoms with Crippen LogP contribution in [0, 0.1) is 0 Å². The van der Waals surface area contributed by atoms with Crippen molar-refractivity contribution in [2.24, 2.45) is 0 Å². The van der Waals surface area contributed by atoms with Crippen molar-refractivity contribution in [2.75, 3.05) is 0 Å². The van der Waals surface area contributed by atoms with Gasteiger partial charge in [0.05, 0.1) is 11.0 Å². The summed E-state index contributed by atoms with van der Waals surface area (Å²) in [5, 5.41) is 9.53. The monoisotopic (exact) mass is 664 g/mol. The van der Waals surface area contributed by atoms with Gasteiger partial charge in [0.15, 0.2) is 17.5 Å². The molecule has 3 heterocycles. The molecule has 11 rings (SSSR count). The van der Waals surface area contributed by atoms with Crippen molar-refractivity contribution in [2.45, 2.75) is 0 Å². The van der Waals surface area contributed by atoms with Crippen LogP contribution in [0.4, 0.5) is 0 Å². The number of benzene rings is 8. The van der Waals surface area contributed by atoms with Gasteiger partial charge in [-0.25, -0.2) is 15.0 Å². The molecule has 8 aromatic carbocycles. The molecule has 0 aliphatic carbocycles. The van der Waals surface area contributed by atoms with Crippen LogP contribution in [0.3, 0.4) is 0 Å². The molecule has 0 amide bonds. The van der Waals surface area contributed by atoms with Crippen molar-refractivity contribution in [3.8, 4) is 39.9 Å². The molecule has 0 unspecified atom stereocenters. The van der Waals surface area contributed by atoms with Crippen LogP contribution < -0.4 is 0 Å². The molecule has 0 radical (unpaired) electrons. The van der Waals surface area contributed by atoms with Crippen LogP contribution >= 0.6 is 0 Å². The minimum atomic E-state index is 0.594. The van der Waals surface area contributed by atoms with E-state index in [9.17, 15) is 0 Å². The maximum atomic E-state index is 6.23. The predicted molar refractivity (Wildman–Crippen MR) is 213 cm³/mol. The fourth-order valence-corrected chi connectivity index (χ4v) is 7.64. The van der Waals surface area contributed by atoms with Gasteiger partial charge in [-0.1, -0.05) is 103 Å². The first kappa shape index (κ1) is 28.7. The van der Waals surface area contributed by atoms with E-state index >= 15 is 0 Å². The van der Waals surface area contributed by atoms with E-state index in [4.69, 9.17) is 19.4 Å². The molecule has 0 N–H and O–H groups in total. The van der Waals surface area contributed by atoms with Crippen molar-refractivity contribution in [1.29, 1.82) is 0 Å². The fourth-order valence-electron chi connectivity index (χ4n) is 7.64. The second kappa shape index (κ2) is 11.2. The van der Waals surface area contributed by atoms with E-state index < -0.39 is 0 Å². The molecule has 0 bridgehead atoms. The van der Waals surface area contributed by atoms with Gasteiger partial charge in [-0.05, 0) is 88.3 Å². The number of aromatic nitrogens is 4. The van der Waals surface area contributed by atoms with Crippen LogP contribution in [0.15, 0.2) is 174 Å². The van der Waals surface area contributed by atoms with E-state index in [0.717, 1.165) is 44.3 Å². The highest BCUT2D eigenvalue weighted by atomic mass is 16.3. The molecule has 0 atom stereocenters. The number of hydrogen-bond acceptors (Lipinski definition) is 4. The second-order valence-electron chi connectivity index (χ2n) is 13.3. The van der Waals surface area contributed by atoms with Crippen LogP contribution in [-0.4, -0.2) is 19.5 Å². The van der Waals surface area contributed by atoms with E-state index in [1.807, 2.05) is 54.6 Å². The Bertz CT molecular complexity index is 3080. The smallest absolute Gasteiger partial charge is 0.164 e. The number of rotatable bonds is 4. The Morgan fingerprint density at radius 3 is 1.46 bits per heavy atom. The summed E-state index contributed by atoms with van der Waals surface area (Å²) in [7, 11) is 0. The summed E-state index contributed by atoms with van der Waals surface area (Å²) in [5.74, 6) is 1.83. The van der Waals surface area contributed by atoms with Gasteiger partial charge < -0.3 is 8.98 Å². The lowest BCUT2D eigenvalue weighted by Crippen LogP contribution is -2.00. The molecule has 5 heteroatoms. The third-order valence-corrected chi connectivity index (χ3v) is 10.2. The van der Waals surface area contributed by atoms with E-state index in [0.29, 0.717) is 17.5 Å². The van der Waals surface area contributed by atoms with E-state index in [-0.39, 0.29) is 0 Å². The first-order chi connectivity index (χ1) is 25.7. The molecule has 0 saturated heterocycles. The zero-order valence-corrected chi connectivity index (χ0v) is 27.9. The second-order valence-corrected chi connectivity index (χ2v) is 13.3. The Labute approximate surface area is 298 Å². The average Bonchev–Trinajstić information content (AvgIpc) is 3.73.